The average Bonchev–Trinajstić information content (AvgIpc) is 2.41. The maximum Gasteiger partial charge on any atom is 0.242 e. The van der Waals surface area contributed by atoms with Crippen LogP contribution in [0.25, 0.3) is 0 Å². The summed E-state index contributed by atoms with van der Waals surface area (Å²) in [6.07, 6.45) is 0. The third-order valence-corrected chi connectivity index (χ3v) is 6.39. The fourth-order valence-electron chi connectivity index (χ4n) is 2.21. The summed E-state index contributed by atoms with van der Waals surface area (Å²) in [5.41, 5.74) is 5.69. The van der Waals surface area contributed by atoms with Gasteiger partial charge in [-0.1, -0.05) is 13.8 Å². The topological polar surface area (TPSA) is 110 Å². The molecule has 2 amide bonds. The van der Waals surface area contributed by atoms with Crippen LogP contribution < -0.4 is 11.1 Å². The van der Waals surface area contributed by atoms with Crippen molar-refractivity contribution in [3.05, 3.63) is 0 Å². The van der Waals surface area contributed by atoms with E-state index in [0.29, 0.717) is 0 Å². The Kier molecular flexibility index (Phi) is 7.80. The number of rotatable bonds is 4. The minimum atomic E-state index is -3.13. The Labute approximate surface area is 138 Å². The lowest BCUT2D eigenvalue weighted by Gasteiger charge is -2.37. The third kappa shape index (κ3) is 4.82. The second-order valence-electron chi connectivity index (χ2n) is 5.89. The molecule has 1 aliphatic rings. The van der Waals surface area contributed by atoms with Crippen LogP contribution in [0.3, 0.4) is 0 Å². The van der Waals surface area contributed by atoms with Crippen molar-refractivity contribution in [2.75, 3.05) is 18.8 Å². The van der Waals surface area contributed by atoms with Crippen molar-refractivity contribution in [2.24, 2.45) is 11.7 Å². The Morgan fingerprint density at radius 3 is 2.36 bits per heavy atom. The number of halogens is 1. The Bertz CT molecular complexity index is 509. The molecule has 1 rings (SSSR count). The smallest absolute Gasteiger partial charge is 0.242 e. The normalized spacial score (nSPS) is 25.3. The molecule has 0 aromatic carbocycles. The number of amides is 2. The summed E-state index contributed by atoms with van der Waals surface area (Å²) in [6.45, 7) is 6.97. The molecule has 130 valence electrons. The van der Waals surface area contributed by atoms with Crippen LogP contribution in [-0.2, 0) is 19.4 Å². The second kappa shape index (κ2) is 8.12. The SMILES string of the molecule is CC(C)[C@H](N)C(=O)NCC(=O)N1CCS(=O)(=O)C(C)C1C.Cl. The van der Waals surface area contributed by atoms with Crippen LogP contribution in [0.2, 0.25) is 0 Å². The van der Waals surface area contributed by atoms with Crippen molar-refractivity contribution >= 4 is 34.1 Å². The fourth-order valence-corrected chi connectivity index (χ4v) is 3.78. The zero-order valence-corrected chi connectivity index (χ0v) is 15.0. The van der Waals surface area contributed by atoms with Gasteiger partial charge >= 0.3 is 0 Å². The number of carbonyl (C=O) groups is 2. The molecule has 0 aromatic rings. The van der Waals surface area contributed by atoms with Crippen LogP contribution in [0, 0.1) is 5.92 Å². The molecular formula is C13H26ClN3O4S. The van der Waals surface area contributed by atoms with E-state index in [4.69, 9.17) is 5.73 Å². The molecule has 1 aliphatic heterocycles. The highest BCUT2D eigenvalue weighted by Gasteiger charge is 2.37. The first kappa shape index (κ1) is 21.1. The standard InChI is InChI=1S/C13H25N3O4S.ClH/c1-8(2)12(14)13(18)15-7-11(17)16-5-6-21(19,20)10(4)9(16)3;/h8-10,12H,5-7,14H2,1-4H3,(H,15,18);1H/t9?,10?,12-;/m0./s1. The van der Waals surface area contributed by atoms with Gasteiger partial charge in [0, 0.05) is 12.6 Å². The molecule has 0 radical (unpaired) electrons. The van der Waals surface area contributed by atoms with Crippen molar-refractivity contribution in [1.82, 2.24) is 10.2 Å². The molecule has 1 saturated heterocycles. The molecule has 0 spiro atoms. The Morgan fingerprint density at radius 2 is 1.86 bits per heavy atom. The van der Waals surface area contributed by atoms with Crippen LogP contribution in [0.1, 0.15) is 27.7 Å². The molecular weight excluding hydrogens is 330 g/mol. The van der Waals surface area contributed by atoms with Gasteiger partial charge in [0.15, 0.2) is 9.84 Å². The Morgan fingerprint density at radius 1 is 1.32 bits per heavy atom. The lowest BCUT2D eigenvalue weighted by molar-refractivity contribution is -0.135. The molecule has 0 saturated carbocycles. The van der Waals surface area contributed by atoms with E-state index in [1.807, 2.05) is 13.8 Å². The van der Waals surface area contributed by atoms with E-state index in [2.05, 4.69) is 5.32 Å². The first-order valence-corrected chi connectivity index (χ1v) is 8.83. The predicted molar refractivity (Wildman–Crippen MR) is 87.5 cm³/mol. The average molecular weight is 356 g/mol. The van der Waals surface area contributed by atoms with E-state index in [0.717, 1.165) is 0 Å². The molecule has 1 fully saturated rings. The first-order chi connectivity index (χ1) is 9.58. The molecule has 3 atom stereocenters. The highest BCUT2D eigenvalue weighted by atomic mass is 35.5. The molecule has 9 heteroatoms. The van der Waals surface area contributed by atoms with E-state index in [9.17, 15) is 18.0 Å². The monoisotopic (exact) mass is 355 g/mol. The summed E-state index contributed by atoms with van der Waals surface area (Å²) >= 11 is 0. The van der Waals surface area contributed by atoms with Gasteiger partial charge in [-0.15, -0.1) is 12.4 Å². The maximum absolute atomic E-state index is 12.1. The zero-order valence-electron chi connectivity index (χ0n) is 13.4. The number of nitrogens with zero attached hydrogens (tertiary/aromatic N) is 1. The molecule has 22 heavy (non-hydrogen) atoms. The molecule has 3 N–H and O–H groups in total. The van der Waals surface area contributed by atoms with Crippen LogP contribution in [0.4, 0.5) is 0 Å². The molecule has 0 aromatic heterocycles. The number of sulfone groups is 1. The van der Waals surface area contributed by atoms with Gasteiger partial charge in [0.1, 0.15) is 0 Å². The zero-order chi connectivity index (χ0) is 16.4. The van der Waals surface area contributed by atoms with E-state index < -0.39 is 27.2 Å². The molecule has 1 heterocycles. The summed E-state index contributed by atoms with van der Waals surface area (Å²) in [4.78, 5) is 25.4. The van der Waals surface area contributed by atoms with Gasteiger partial charge in [-0.3, -0.25) is 9.59 Å². The summed E-state index contributed by atoms with van der Waals surface area (Å²) in [5, 5.41) is 1.92. The number of carbonyl (C=O) groups excluding carboxylic acids is 2. The van der Waals surface area contributed by atoms with E-state index in [1.165, 1.54) is 4.90 Å². The van der Waals surface area contributed by atoms with Crippen LogP contribution >= 0.6 is 12.4 Å². The van der Waals surface area contributed by atoms with Gasteiger partial charge < -0.3 is 16.0 Å². The van der Waals surface area contributed by atoms with Crippen LogP contribution in [-0.4, -0.2) is 61.3 Å². The van der Waals surface area contributed by atoms with Gasteiger partial charge in [0.05, 0.1) is 23.6 Å². The summed E-state index contributed by atoms with van der Waals surface area (Å²) < 4.78 is 23.5. The highest BCUT2D eigenvalue weighted by molar-refractivity contribution is 7.92. The number of nitrogens with two attached hydrogens (primary N) is 1. The number of nitrogens with one attached hydrogen (secondary N) is 1. The summed E-state index contributed by atoms with van der Waals surface area (Å²) in [7, 11) is -3.13. The Hall–Kier alpha value is -0.860. The molecule has 0 bridgehead atoms. The van der Waals surface area contributed by atoms with Gasteiger partial charge in [-0.05, 0) is 19.8 Å². The van der Waals surface area contributed by atoms with Gasteiger partial charge in [0.25, 0.3) is 0 Å². The van der Waals surface area contributed by atoms with Gasteiger partial charge in [-0.2, -0.15) is 0 Å². The quantitative estimate of drug-likeness (QED) is 0.709. The predicted octanol–water partition coefficient (Wildman–Crippen LogP) is -0.458. The lowest BCUT2D eigenvalue weighted by atomic mass is 10.1. The number of hydrogen-bond donors (Lipinski definition) is 2. The van der Waals surface area contributed by atoms with Crippen molar-refractivity contribution < 1.29 is 18.0 Å². The highest BCUT2D eigenvalue weighted by Crippen LogP contribution is 2.19. The van der Waals surface area contributed by atoms with Crippen molar-refractivity contribution in [3.63, 3.8) is 0 Å². The van der Waals surface area contributed by atoms with Gasteiger partial charge in [0.2, 0.25) is 11.8 Å². The van der Waals surface area contributed by atoms with E-state index in [1.54, 1.807) is 13.8 Å². The molecule has 2 unspecified atom stereocenters. The minimum absolute atomic E-state index is 0. The largest absolute Gasteiger partial charge is 0.346 e. The van der Waals surface area contributed by atoms with Gasteiger partial charge in [-0.25, -0.2) is 8.42 Å². The minimum Gasteiger partial charge on any atom is -0.346 e. The third-order valence-electron chi connectivity index (χ3n) is 4.11. The summed E-state index contributed by atoms with van der Waals surface area (Å²) in [6, 6.07) is -1.05. The maximum atomic E-state index is 12.1. The lowest BCUT2D eigenvalue weighted by Crippen LogP contribution is -2.57. The molecule has 0 aliphatic carbocycles. The van der Waals surface area contributed by atoms with E-state index in [-0.39, 0.29) is 49.0 Å². The Balaban J connectivity index is 0.00000441. The molecule has 7 nitrogen and oxygen atoms in total. The fraction of sp³-hybridized carbons (Fsp3) is 0.846. The number of hydrogen-bond acceptors (Lipinski definition) is 5. The summed E-state index contributed by atoms with van der Waals surface area (Å²) in [5.74, 6) is -0.708. The second-order valence-corrected chi connectivity index (χ2v) is 8.36. The van der Waals surface area contributed by atoms with Crippen molar-refractivity contribution in [2.45, 2.75) is 45.0 Å². The van der Waals surface area contributed by atoms with Crippen LogP contribution in [0.15, 0.2) is 0 Å². The van der Waals surface area contributed by atoms with E-state index >= 15 is 0 Å². The van der Waals surface area contributed by atoms with Crippen molar-refractivity contribution in [1.29, 1.82) is 0 Å². The first-order valence-electron chi connectivity index (χ1n) is 7.12. The van der Waals surface area contributed by atoms with Crippen molar-refractivity contribution in [3.8, 4) is 0 Å². The van der Waals surface area contributed by atoms with Crippen LogP contribution in [0.5, 0.6) is 0 Å².